The number of rotatable bonds is 3. The van der Waals surface area contributed by atoms with Crippen molar-refractivity contribution in [2.45, 2.75) is 31.9 Å². The van der Waals surface area contributed by atoms with E-state index < -0.39 is 0 Å². The highest BCUT2D eigenvalue weighted by Gasteiger charge is 2.33. The molecule has 5 heteroatoms. The molecule has 2 atom stereocenters. The number of carbonyl (C=O) groups excluding carboxylic acids is 1. The summed E-state index contributed by atoms with van der Waals surface area (Å²) >= 11 is 0. The third kappa shape index (κ3) is 4.45. The largest absolute Gasteiger partial charge is 0.445 e. The summed E-state index contributed by atoms with van der Waals surface area (Å²) in [5, 5.41) is 6.89. The third-order valence-electron chi connectivity index (χ3n) is 4.89. The predicted octanol–water partition coefficient (Wildman–Crippen LogP) is 1.99. The van der Waals surface area contributed by atoms with Crippen LogP contribution in [0.3, 0.4) is 0 Å². The van der Waals surface area contributed by atoms with Crippen LogP contribution in [0.1, 0.15) is 24.8 Å². The number of benzene rings is 1. The summed E-state index contributed by atoms with van der Waals surface area (Å²) < 4.78 is 5.56. The van der Waals surface area contributed by atoms with Gasteiger partial charge in [-0.05, 0) is 43.8 Å². The first-order valence-corrected chi connectivity index (χ1v) is 8.73. The van der Waals surface area contributed by atoms with Crippen LogP contribution in [0, 0.1) is 5.92 Å². The van der Waals surface area contributed by atoms with Gasteiger partial charge in [-0.2, -0.15) is 0 Å². The molecule has 3 rings (SSSR count). The fraction of sp³-hybridized carbons (Fsp3) is 0.611. The number of hydrogen-bond donors (Lipinski definition) is 2. The van der Waals surface area contributed by atoms with Crippen LogP contribution in [0.2, 0.25) is 0 Å². The number of amides is 1. The van der Waals surface area contributed by atoms with Crippen molar-refractivity contribution in [2.24, 2.45) is 5.92 Å². The maximum Gasteiger partial charge on any atom is 0.410 e. The number of hydrogen-bond acceptors (Lipinski definition) is 4. The van der Waals surface area contributed by atoms with Crippen LogP contribution < -0.4 is 10.6 Å². The molecule has 23 heavy (non-hydrogen) atoms. The van der Waals surface area contributed by atoms with E-state index in [1.54, 1.807) is 0 Å². The lowest BCUT2D eigenvalue weighted by atomic mass is 9.90. The Labute approximate surface area is 138 Å². The Balaban J connectivity index is 1.59. The zero-order valence-corrected chi connectivity index (χ0v) is 13.7. The molecule has 2 fully saturated rings. The highest BCUT2D eigenvalue weighted by atomic mass is 16.6. The highest BCUT2D eigenvalue weighted by molar-refractivity contribution is 5.68. The van der Waals surface area contributed by atoms with Crippen molar-refractivity contribution in [3.63, 3.8) is 0 Å². The Kier molecular flexibility index (Phi) is 5.88. The summed E-state index contributed by atoms with van der Waals surface area (Å²) in [4.78, 5) is 14.5. The summed E-state index contributed by atoms with van der Waals surface area (Å²) in [7, 11) is 0. The van der Waals surface area contributed by atoms with Crippen molar-refractivity contribution in [3.05, 3.63) is 35.9 Å². The second-order valence-electron chi connectivity index (χ2n) is 6.45. The molecule has 2 aliphatic rings. The van der Waals surface area contributed by atoms with Gasteiger partial charge in [0.15, 0.2) is 0 Å². The van der Waals surface area contributed by atoms with Gasteiger partial charge in [0.2, 0.25) is 0 Å². The summed E-state index contributed by atoms with van der Waals surface area (Å²) in [6.45, 7) is 4.96. The third-order valence-corrected chi connectivity index (χ3v) is 4.89. The van der Waals surface area contributed by atoms with Gasteiger partial charge in [0, 0.05) is 19.6 Å². The van der Waals surface area contributed by atoms with Crippen molar-refractivity contribution < 1.29 is 9.53 Å². The van der Waals surface area contributed by atoms with Crippen LogP contribution in [0.4, 0.5) is 4.79 Å². The van der Waals surface area contributed by atoms with E-state index in [1.807, 2.05) is 35.2 Å². The molecule has 0 bridgehead atoms. The zero-order chi connectivity index (χ0) is 15.9. The van der Waals surface area contributed by atoms with Gasteiger partial charge in [-0.25, -0.2) is 4.79 Å². The van der Waals surface area contributed by atoms with E-state index in [4.69, 9.17) is 4.74 Å². The van der Waals surface area contributed by atoms with Crippen molar-refractivity contribution in [2.75, 3.05) is 32.7 Å². The minimum Gasteiger partial charge on any atom is -0.445 e. The van der Waals surface area contributed by atoms with E-state index in [0.29, 0.717) is 12.5 Å². The van der Waals surface area contributed by atoms with E-state index in [-0.39, 0.29) is 12.1 Å². The van der Waals surface area contributed by atoms with Crippen LogP contribution in [0.5, 0.6) is 0 Å². The standard InChI is InChI=1S/C18H27N3O2/c22-18(23-14-15-5-2-1-3-6-15)21-12-11-20-13-17(21)16-7-4-9-19-10-8-16/h1-3,5-6,16-17,19-20H,4,7-14H2. The molecule has 0 aromatic heterocycles. The number of nitrogens with one attached hydrogen (secondary N) is 2. The highest BCUT2D eigenvalue weighted by Crippen LogP contribution is 2.24. The SMILES string of the molecule is O=C(OCc1ccccc1)N1CCNCC1C1CCCNCC1. The molecule has 1 aromatic carbocycles. The molecule has 1 amide bonds. The quantitative estimate of drug-likeness (QED) is 0.895. The van der Waals surface area contributed by atoms with Gasteiger partial charge in [-0.1, -0.05) is 30.3 Å². The number of ether oxygens (including phenoxy) is 1. The summed E-state index contributed by atoms with van der Waals surface area (Å²) in [5.41, 5.74) is 1.03. The van der Waals surface area contributed by atoms with Gasteiger partial charge in [0.1, 0.15) is 6.61 Å². The summed E-state index contributed by atoms with van der Waals surface area (Å²) in [6, 6.07) is 10.1. The van der Waals surface area contributed by atoms with Crippen LogP contribution in [-0.4, -0.2) is 49.8 Å². The molecule has 1 aromatic rings. The Morgan fingerprint density at radius 1 is 1.13 bits per heavy atom. The molecule has 0 radical (unpaired) electrons. The van der Waals surface area contributed by atoms with Crippen LogP contribution in [0.15, 0.2) is 30.3 Å². The molecule has 2 unspecified atom stereocenters. The maximum atomic E-state index is 12.6. The van der Waals surface area contributed by atoms with Gasteiger partial charge >= 0.3 is 6.09 Å². The smallest absolute Gasteiger partial charge is 0.410 e. The number of nitrogens with zero attached hydrogens (tertiary/aromatic N) is 1. The molecule has 126 valence electrons. The molecule has 2 N–H and O–H groups in total. The summed E-state index contributed by atoms with van der Waals surface area (Å²) in [5.74, 6) is 0.557. The van der Waals surface area contributed by atoms with Crippen molar-refractivity contribution >= 4 is 6.09 Å². The predicted molar refractivity (Wildman–Crippen MR) is 90.2 cm³/mol. The monoisotopic (exact) mass is 317 g/mol. The molecule has 5 nitrogen and oxygen atoms in total. The fourth-order valence-electron chi connectivity index (χ4n) is 3.61. The van der Waals surface area contributed by atoms with Crippen LogP contribution in [0.25, 0.3) is 0 Å². The number of piperazine rings is 1. The van der Waals surface area contributed by atoms with Gasteiger partial charge < -0.3 is 20.3 Å². The van der Waals surface area contributed by atoms with E-state index in [9.17, 15) is 4.79 Å². The average Bonchev–Trinajstić information content (AvgIpc) is 2.90. The molecule has 2 heterocycles. The van der Waals surface area contributed by atoms with Gasteiger partial charge in [0.05, 0.1) is 6.04 Å². The van der Waals surface area contributed by atoms with Crippen molar-refractivity contribution in [1.82, 2.24) is 15.5 Å². The van der Waals surface area contributed by atoms with E-state index in [2.05, 4.69) is 10.6 Å². The average molecular weight is 317 g/mol. The Bertz CT molecular complexity index is 486. The van der Waals surface area contributed by atoms with Gasteiger partial charge in [-0.3, -0.25) is 0 Å². The number of carbonyl (C=O) groups is 1. The molecule has 2 saturated heterocycles. The Morgan fingerprint density at radius 3 is 2.87 bits per heavy atom. The lowest BCUT2D eigenvalue weighted by Crippen LogP contribution is -2.56. The van der Waals surface area contributed by atoms with Crippen LogP contribution in [-0.2, 0) is 11.3 Å². The maximum absolute atomic E-state index is 12.6. The Hall–Kier alpha value is -1.59. The van der Waals surface area contributed by atoms with E-state index in [1.165, 1.54) is 12.8 Å². The fourth-order valence-corrected chi connectivity index (χ4v) is 3.61. The lowest BCUT2D eigenvalue weighted by Gasteiger charge is -2.39. The second-order valence-corrected chi connectivity index (χ2v) is 6.45. The zero-order valence-electron chi connectivity index (χ0n) is 13.7. The van der Waals surface area contributed by atoms with Gasteiger partial charge in [0.25, 0.3) is 0 Å². The normalized spacial score (nSPS) is 25.7. The summed E-state index contributed by atoms with van der Waals surface area (Å²) in [6.07, 6.45) is 3.34. The first kappa shape index (κ1) is 16.3. The first-order valence-electron chi connectivity index (χ1n) is 8.73. The minimum atomic E-state index is -0.169. The molecule has 2 aliphatic heterocycles. The molecular weight excluding hydrogens is 290 g/mol. The van der Waals surface area contributed by atoms with Crippen molar-refractivity contribution in [1.29, 1.82) is 0 Å². The molecular formula is C18H27N3O2. The second kappa shape index (κ2) is 8.31. The minimum absolute atomic E-state index is 0.169. The van der Waals surface area contributed by atoms with Crippen LogP contribution >= 0.6 is 0 Å². The topological polar surface area (TPSA) is 53.6 Å². The van der Waals surface area contributed by atoms with E-state index >= 15 is 0 Å². The Morgan fingerprint density at radius 2 is 2.00 bits per heavy atom. The molecule has 0 saturated carbocycles. The lowest BCUT2D eigenvalue weighted by molar-refractivity contribution is 0.0546. The van der Waals surface area contributed by atoms with Crippen molar-refractivity contribution in [3.8, 4) is 0 Å². The first-order chi connectivity index (χ1) is 11.3. The molecule has 0 aliphatic carbocycles. The molecule has 0 spiro atoms. The van der Waals surface area contributed by atoms with Gasteiger partial charge in [-0.15, -0.1) is 0 Å². The van der Waals surface area contributed by atoms with E-state index in [0.717, 1.165) is 44.7 Å².